The Morgan fingerprint density at radius 3 is 2.43 bits per heavy atom. The second-order valence-corrected chi connectivity index (χ2v) is 6.23. The van der Waals surface area contributed by atoms with E-state index in [2.05, 4.69) is 31.9 Å². The van der Waals surface area contributed by atoms with Crippen molar-refractivity contribution in [3.63, 3.8) is 0 Å². The zero-order valence-corrected chi connectivity index (χ0v) is 11.5. The number of alkyl halides is 3. The van der Waals surface area contributed by atoms with E-state index in [1.807, 2.05) is 0 Å². The first-order valence-corrected chi connectivity index (χ1v) is 6.94. The van der Waals surface area contributed by atoms with Gasteiger partial charge in [0, 0.05) is 10.2 Å². The summed E-state index contributed by atoms with van der Waals surface area (Å²) in [6.45, 7) is 0. The summed E-state index contributed by atoms with van der Waals surface area (Å²) in [5, 5.41) is 10.7. The van der Waals surface area contributed by atoms with E-state index < -0.39 is 10.8 Å². The Hall–Kier alpha value is 0.720. The van der Waals surface area contributed by atoms with Gasteiger partial charge in [0.05, 0.1) is 10.8 Å². The minimum atomic E-state index is -1.08. The molecule has 1 fully saturated rings. The van der Waals surface area contributed by atoms with E-state index in [0.717, 1.165) is 25.7 Å². The molecule has 0 spiro atoms. The van der Waals surface area contributed by atoms with E-state index in [1.54, 1.807) is 0 Å². The Balaban J connectivity index is 2.57. The van der Waals surface area contributed by atoms with Crippen molar-refractivity contribution in [2.45, 2.75) is 40.7 Å². The molecule has 1 rings (SSSR count). The van der Waals surface area contributed by atoms with Crippen molar-refractivity contribution in [1.82, 2.24) is 0 Å². The van der Waals surface area contributed by atoms with Crippen LogP contribution in [-0.2, 0) is 4.79 Å². The van der Waals surface area contributed by atoms with Crippen LogP contribution in [0.4, 0.5) is 0 Å². The van der Waals surface area contributed by atoms with Crippen LogP contribution in [0, 0.1) is 5.92 Å². The van der Waals surface area contributed by atoms with Crippen LogP contribution in [0.2, 0.25) is 0 Å². The van der Waals surface area contributed by atoms with Crippen LogP contribution < -0.4 is 5.11 Å². The molecule has 5 heteroatoms. The molecule has 0 saturated heterocycles. The molecule has 2 nitrogen and oxygen atoms in total. The number of hydrogen-bond donors (Lipinski definition) is 0. The van der Waals surface area contributed by atoms with Gasteiger partial charge in [-0.05, 0) is 18.8 Å². The maximum atomic E-state index is 10.7. The molecule has 0 aliphatic heterocycles. The molecule has 1 saturated carbocycles. The summed E-state index contributed by atoms with van der Waals surface area (Å²) in [6.07, 6.45) is 4.23. The fourth-order valence-electron chi connectivity index (χ4n) is 1.82. The Kier molecular flexibility index (Phi) is 5.21. The van der Waals surface area contributed by atoms with E-state index in [0.29, 0.717) is 0 Å². The van der Waals surface area contributed by atoms with E-state index in [9.17, 15) is 9.90 Å². The molecule has 0 amide bonds. The van der Waals surface area contributed by atoms with Crippen molar-refractivity contribution in [3.8, 4) is 0 Å². The van der Waals surface area contributed by atoms with Crippen molar-refractivity contribution >= 4 is 49.4 Å². The molecule has 1 aliphatic carbocycles. The fourth-order valence-corrected chi connectivity index (χ4v) is 3.67. The SMILES string of the molecule is O=C([O-])C(Br)C(Br)C1CCCCC1Cl. The molecule has 0 N–H and O–H groups in total. The zero-order valence-electron chi connectivity index (χ0n) is 7.59. The normalized spacial score (nSPS) is 32.2. The molecular formula is C9H12Br2ClO2-. The molecule has 4 atom stereocenters. The van der Waals surface area contributed by atoms with Gasteiger partial charge in [-0.3, -0.25) is 0 Å². The van der Waals surface area contributed by atoms with Crippen molar-refractivity contribution in [2.24, 2.45) is 5.92 Å². The number of aliphatic carboxylic acids is 1. The molecule has 0 radical (unpaired) electrons. The minimum absolute atomic E-state index is 0.0764. The average Bonchev–Trinajstić information content (AvgIpc) is 2.16. The van der Waals surface area contributed by atoms with Gasteiger partial charge >= 0.3 is 0 Å². The van der Waals surface area contributed by atoms with Crippen molar-refractivity contribution in [2.75, 3.05) is 0 Å². The number of carboxylic acid groups (broad SMARTS) is 1. The van der Waals surface area contributed by atoms with Crippen LogP contribution in [0.3, 0.4) is 0 Å². The third-order valence-corrected chi connectivity index (χ3v) is 6.05. The third kappa shape index (κ3) is 3.11. The summed E-state index contributed by atoms with van der Waals surface area (Å²) in [7, 11) is 0. The van der Waals surface area contributed by atoms with Gasteiger partial charge in [-0.25, -0.2) is 0 Å². The first kappa shape index (κ1) is 12.8. The highest BCUT2D eigenvalue weighted by Gasteiger charge is 2.33. The summed E-state index contributed by atoms with van der Waals surface area (Å²) < 4.78 is 0. The lowest BCUT2D eigenvalue weighted by molar-refractivity contribution is -0.304. The lowest BCUT2D eigenvalue weighted by Crippen LogP contribution is -2.42. The molecular weight excluding hydrogens is 335 g/mol. The Morgan fingerprint density at radius 1 is 1.36 bits per heavy atom. The van der Waals surface area contributed by atoms with Gasteiger partial charge in [-0.15, -0.1) is 11.6 Å². The zero-order chi connectivity index (χ0) is 10.7. The molecule has 0 aromatic rings. The number of carbonyl (C=O) groups excluding carboxylic acids is 1. The minimum Gasteiger partial charge on any atom is -0.549 e. The number of halogens is 3. The highest BCUT2D eigenvalue weighted by Crippen LogP contribution is 2.36. The Bertz CT molecular complexity index is 213. The van der Waals surface area contributed by atoms with Crippen LogP contribution >= 0.6 is 43.5 Å². The van der Waals surface area contributed by atoms with E-state index in [-0.39, 0.29) is 16.1 Å². The summed E-state index contributed by atoms with van der Waals surface area (Å²) >= 11 is 12.7. The Labute approximate surface area is 106 Å². The summed E-state index contributed by atoms with van der Waals surface area (Å²) in [6, 6.07) is 0. The number of carbonyl (C=O) groups is 1. The van der Waals surface area contributed by atoms with E-state index >= 15 is 0 Å². The number of hydrogen-bond acceptors (Lipinski definition) is 2. The largest absolute Gasteiger partial charge is 0.549 e. The molecule has 0 aromatic heterocycles. The lowest BCUT2D eigenvalue weighted by Gasteiger charge is -2.33. The molecule has 4 unspecified atom stereocenters. The fraction of sp³-hybridized carbons (Fsp3) is 0.889. The number of carboxylic acids is 1. The topological polar surface area (TPSA) is 40.1 Å². The molecule has 1 aliphatic rings. The molecule has 0 heterocycles. The van der Waals surface area contributed by atoms with E-state index in [1.165, 1.54) is 0 Å². The first-order valence-electron chi connectivity index (χ1n) is 4.67. The lowest BCUT2D eigenvalue weighted by atomic mass is 9.85. The molecule has 0 bridgehead atoms. The Morgan fingerprint density at radius 2 is 1.93 bits per heavy atom. The van der Waals surface area contributed by atoms with Gasteiger partial charge < -0.3 is 9.90 Å². The smallest absolute Gasteiger partial charge is 0.0669 e. The predicted molar refractivity (Wildman–Crippen MR) is 62.0 cm³/mol. The van der Waals surface area contributed by atoms with Crippen molar-refractivity contribution in [1.29, 1.82) is 0 Å². The van der Waals surface area contributed by atoms with Crippen LogP contribution in [0.25, 0.3) is 0 Å². The van der Waals surface area contributed by atoms with Crippen LogP contribution in [0.1, 0.15) is 25.7 Å². The third-order valence-electron chi connectivity index (χ3n) is 2.65. The van der Waals surface area contributed by atoms with E-state index in [4.69, 9.17) is 11.6 Å². The predicted octanol–water partition coefficient (Wildman–Crippen LogP) is 2.06. The first-order chi connectivity index (χ1) is 6.54. The van der Waals surface area contributed by atoms with Gasteiger partial charge in [0.25, 0.3) is 0 Å². The van der Waals surface area contributed by atoms with Crippen LogP contribution in [0.5, 0.6) is 0 Å². The maximum absolute atomic E-state index is 10.7. The van der Waals surface area contributed by atoms with Gasteiger partial charge in [0.2, 0.25) is 0 Å². The van der Waals surface area contributed by atoms with Crippen LogP contribution in [-0.4, -0.2) is 21.0 Å². The standard InChI is InChI=1S/C9H13Br2ClO2/c10-7(8(11)9(13)14)5-3-1-2-4-6(5)12/h5-8H,1-4H2,(H,13,14)/p-1. The van der Waals surface area contributed by atoms with Crippen molar-refractivity contribution < 1.29 is 9.90 Å². The van der Waals surface area contributed by atoms with Gasteiger partial charge in [-0.1, -0.05) is 44.7 Å². The van der Waals surface area contributed by atoms with Crippen LogP contribution in [0.15, 0.2) is 0 Å². The maximum Gasteiger partial charge on any atom is 0.0669 e. The molecule has 14 heavy (non-hydrogen) atoms. The quantitative estimate of drug-likeness (QED) is 0.733. The molecule has 82 valence electrons. The van der Waals surface area contributed by atoms with Gasteiger partial charge in [-0.2, -0.15) is 0 Å². The summed E-state index contributed by atoms with van der Waals surface area (Å²) in [4.78, 5) is 9.86. The number of rotatable bonds is 3. The second kappa shape index (κ2) is 5.71. The highest BCUT2D eigenvalue weighted by atomic mass is 79.9. The summed E-state index contributed by atoms with van der Waals surface area (Å²) in [5.74, 6) is -0.867. The average molecular weight is 347 g/mol. The van der Waals surface area contributed by atoms with Gasteiger partial charge in [0.1, 0.15) is 0 Å². The van der Waals surface area contributed by atoms with Crippen molar-refractivity contribution in [3.05, 3.63) is 0 Å². The second-order valence-electron chi connectivity index (χ2n) is 3.63. The highest BCUT2D eigenvalue weighted by molar-refractivity contribution is 9.12. The molecule has 0 aromatic carbocycles. The summed E-state index contributed by atoms with van der Waals surface area (Å²) in [5.41, 5.74) is 0. The monoisotopic (exact) mass is 345 g/mol. The van der Waals surface area contributed by atoms with Gasteiger partial charge in [0.15, 0.2) is 0 Å².